The summed E-state index contributed by atoms with van der Waals surface area (Å²) in [6.45, 7) is 4.57. The predicted octanol–water partition coefficient (Wildman–Crippen LogP) is 3.25. The second-order valence-corrected chi connectivity index (χ2v) is 4.70. The van der Waals surface area contributed by atoms with Crippen molar-refractivity contribution in [3.05, 3.63) is 28.3 Å². The fourth-order valence-electron chi connectivity index (χ4n) is 1.76. The van der Waals surface area contributed by atoms with Gasteiger partial charge in [-0.2, -0.15) is 0 Å². The predicted molar refractivity (Wildman–Crippen MR) is 73.7 cm³/mol. The Morgan fingerprint density at radius 2 is 1.94 bits per heavy atom. The molecule has 1 aromatic rings. The minimum atomic E-state index is 0.258. The van der Waals surface area contributed by atoms with Crippen LogP contribution in [0.1, 0.15) is 30.4 Å². The Morgan fingerprint density at radius 1 is 1.33 bits per heavy atom. The molecule has 0 saturated carbocycles. The van der Waals surface area contributed by atoms with Crippen molar-refractivity contribution < 1.29 is 9.94 Å². The molecule has 0 amide bonds. The fraction of sp³-hybridized carbons (Fsp3) is 0.462. The Morgan fingerprint density at radius 3 is 2.50 bits per heavy atom. The van der Waals surface area contributed by atoms with Crippen molar-refractivity contribution in [3.8, 4) is 5.75 Å². The molecule has 0 heterocycles. The third kappa shape index (κ3) is 4.45. The number of benzene rings is 1. The molecule has 0 radical (unpaired) electrons. The normalized spacial score (nSPS) is 11.6. The van der Waals surface area contributed by atoms with Crippen molar-refractivity contribution in [3.63, 3.8) is 0 Å². The van der Waals surface area contributed by atoms with E-state index in [-0.39, 0.29) is 5.84 Å². The number of unbranched alkanes of at least 4 members (excludes halogenated alkanes) is 1. The summed E-state index contributed by atoms with van der Waals surface area (Å²) in [6.07, 6.45) is 2.28. The Bertz CT molecular complexity index is 410. The Balaban J connectivity index is 2.40. The highest BCUT2D eigenvalue weighted by Gasteiger charge is 2.05. The molecule has 100 valence electrons. The molecule has 0 bridgehead atoms. The van der Waals surface area contributed by atoms with Gasteiger partial charge in [-0.25, -0.2) is 0 Å². The van der Waals surface area contributed by atoms with Crippen LogP contribution in [0.25, 0.3) is 0 Å². The van der Waals surface area contributed by atoms with E-state index in [1.165, 1.54) is 0 Å². The summed E-state index contributed by atoms with van der Waals surface area (Å²) in [5, 5.41) is 12.0. The third-order valence-electron chi connectivity index (χ3n) is 2.63. The lowest BCUT2D eigenvalue weighted by atomic mass is 10.1. The van der Waals surface area contributed by atoms with Crippen molar-refractivity contribution in [1.82, 2.24) is 0 Å². The van der Waals surface area contributed by atoms with Crippen LogP contribution in [0.15, 0.2) is 17.3 Å². The van der Waals surface area contributed by atoms with Gasteiger partial charge in [-0.15, -0.1) is 0 Å². The standard InChI is InChI=1S/C13H19ClN2O2/c1-9-7-11(14)8-10(2)13(9)18-6-4-3-5-12(15)16-17/h7-8,17H,3-6H2,1-2H3,(H2,15,16). The summed E-state index contributed by atoms with van der Waals surface area (Å²) in [7, 11) is 0. The van der Waals surface area contributed by atoms with E-state index in [4.69, 9.17) is 27.3 Å². The molecule has 0 aliphatic rings. The van der Waals surface area contributed by atoms with E-state index in [1.54, 1.807) is 0 Å². The number of rotatable bonds is 6. The van der Waals surface area contributed by atoms with Gasteiger partial charge >= 0.3 is 0 Å². The highest BCUT2D eigenvalue weighted by Crippen LogP contribution is 2.27. The molecule has 3 N–H and O–H groups in total. The largest absolute Gasteiger partial charge is 0.493 e. The van der Waals surface area contributed by atoms with Crippen LogP contribution in [0.5, 0.6) is 5.75 Å². The molecule has 1 rings (SSSR count). The number of nitrogens with two attached hydrogens (primary N) is 1. The molecule has 0 saturated heterocycles. The third-order valence-corrected chi connectivity index (χ3v) is 2.85. The lowest BCUT2D eigenvalue weighted by molar-refractivity contribution is 0.301. The number of hydrogen-bond acceptors (Lipinski definition) is 3. The molecule has 5 heteroatoms. The summed E-state index contributed by atoms with van der Waals surface area (Å²) in [5.74, 6) is 1.15. The zero-order chi connectivity index (χ0) is 13.5. The lowest BCUT2D eigenvalue weighted by Gasteiger charge is -2.12. The van der Waals surface area contributed by atoms with E-state index >= 15 is 0 Å². The molecular formula is C13H19ClN2O2. The molecule has 0 aliphatic heterocycles. The van der Waals surface area contributed by atoms with Crippen LogP contribution in [0, 0.1) is 13.8 Å². The fourth-order valence-corrected chi connectivity index (χ4v) is 2.08. The van der Waals surface area contributed by atoms with E-state index in [0.717, 1.165) is 34.7 Å². The summed E-state index contributed by atoms with van der Waals surface area (Å²) in [6, 6.07) is 3.78. The first-order valence-electron chi connectivity index (χ1n) is 5.90. The van der Waals surface area contributed by atoms with Gasteiger partial charge < -0.3 is 15.7 Å². The number of oxime groups is 1. The Kier molecular flexibility index (Phi) is 5.78. The lowest BCUT2D eigenvalue weighted by Crippen LogP contribution is -2.11. The maximum absolute atomic E-state index is 8.39. The van der Waals surface area contributed by atoms with Crippen LogP contribution in [-0.2, 0) is 0 Å². The van der Waals surface area contributed by atoms with Crippen molar-refractivity contribution >= 4 is 17.4 Å². The van der Waals surface area contributed by atoms with Gasteiger partial charge in [0.2, 0.25) is 0 Å². The van der Waals surface area contributed by atoms with Crippen LogP contribution in [0.3, 0.4) is 0 Å². The number of hydrogen-bond donors (Lipinski definition) is 2. The minimum absolute atomic E-state index is 0.258. The second-order valence-electron chi connectivity index (χ2n) is 4.27. The minimum Gasteiger partial charge on any atom is -0.493 e. The van der Waals surface area contributed by atoms with Crippen molar-refractivity contribution in [2.24, 2.45) is 10.9 Å². The SMILES string of the molecule is Cc1cc(Cl)cc(C)c1OCCCCC(N)=NO. The summed E-state index contributed by atoms with van der Waals surface area (Å²) < 4.78 is 5.74. The molecule has 1 aromatic carbocycles. The number of amidine groups is 1. The molecule has 0 atom stereocenters. The van der Waals surface area contributed by atoms with Crippen LogP contribution < -0.4 is 10.5 Å². The van der Waals surface area contributed by atoms with Gasteiger partial charge in [0.05, 0.1) is 6.61 Å². The van der Waals surface area contributed by atoms with Crippen molar-refractivity contribution in [2.75, 3.05) is 6.61 Å². The van der Waals surface area contributed by atoms with Crippen molar-refractivity contribution in [1.29, 1.82) is 0 Å². The molecule has 0 unspecified atom stereocenters. The topological polar surface area (TPSA) is 67.8 Å². The average Bonchev–Trinajstić information content (AvgIpc) is 2.31. The van der Waals surface area contributed by atoms with Gasteiger partial charge in [0, 0.05) is 11.4 Å². The molecule has 0 fully saturated rings. The smallest absolute Gasteiger partial charge is 0.139 e. The zero-order valence-corrected chi connectivity index (χ0v) is 11.5. The average molecular weight is 271 g/mol. The highest BCUT2D eigenvalue weighted by molar-refractivity contribution is 6.30. The maximum atomic E-state index is 8.39. The van der Waals surface area contributed by atoms with Crippen LogP contribution in [-0.4, -0.2) is 17.6 Å². The van der Waals surface area contributed by atoms with E-state index in [2.05, 4.69) is 5.16 Å². The first-order chi connectivity index (χ1) is 8.54. The number of nitrogens with zero attached hydrogens (tertiary/aromatic N) is 1. The van der Waals surface area contributed by atoms with Gasteiger partial charge in [0.1, 0.15) is 11.6 Å². The van der Waals surface area contributed by atoms with E-state index < -0.39 is 0 Å². The van der Waals surface area contributed by atoms with Gasteiger partial charge in [0.25, 0.3) is 0 Å². The van der Waals surface area contributed by atoms with Gasteiger partial charge in [-0.3, -0.25) is 0 Å². The first kappa shape index (κ1) is 14.6. The molecular weight excluding hydrogens is 252 g/mol. The monoisotopic (exact) mass is 270 g/mol. The first-order valence-corrected chi connectivity index (χ1v) is 6.28. The Labute approximate surface area is 112 Å². The van der Waals surface area contributed by atoms with Gasteiger partial charge in [0.15, 0.2) is 0 Å². The molecule has 4 nitrogen and oxygen atoms in total. The maximum Gasteiger partial charge on any atom is 0.139 e. The molecule has 0 aromatic heterocycles. The van der Waals surface area contributed by atoms with E-state index in [1.807, 2.05) is 26.0 Å². The Hall–Kier alpha value is -1.42. The van der Waals surface area contributed by atoms with Crippen molar-refractivity contribution in [2.45, 2.75) is 33.1 Å². The van der Waals surface area contributed by atoms with E-state index in [0.29, 0.717) is 13.0 Å². The molecule has 0 aliphatic carbocycles. The highest BCUT2D eigenvalue weighted by atomic mass is 35.5. The van der Waals surface area contributed by atoms with Gasteiger partial charge in [-0.05, 0) is 49.9 Å². The summed E-state index contributed by atoms with van der Waals surface area (Å²) in [5.41, 5.74) is 7.45. The van der Waals surface area contributed by atoms with Gasteiger partial charge in [-0.1, -0.05) is 16.8 Å². The summed E-state index contributed by atoms with van der Waals surface area (Å²) >= 11 is 5.95. The quantitative estimate of drug-likeness (QED) is 0.274. The molecule has 0 spiro atoms. The van der Waals surface area contributed by atoms with Crippen LogP contribution >= 0.6 is 11.6 Å². The summed E-state index contributed by atoms with van der Waals surface area (Å²) in [4.78, 5) is 0. The second kappa shape index (κ2) is 7.11. The number of halogens is 1. The van der Waals surface area contributed by atoms with E-state index in [9.17, 15) is 0 Å². The molecule has 18 heavy (non-hydrogen) atoms. The number of ether oxygens (including phenoxy) is 1. The van der Waals surface area contributed by atoms with Crippen LogP contribution in [0.2, 0.25) is 5.02 Å². The number of aryl methyl sites for hydroxylation is 2. The zero-order valence-electron chi connectivity index (χ0n) is 10.7. The van der Waals surface area contributed by atoms with Crippen LogP contribution in [0.4, 0.5) is 0 Å².